The molecule has 5 heteroatoms. The van der Waals surface area contributed by atoms with E-state index >= 15 is 0 Å². The highest BCUT2D eigenvalue weighted by Gasteiger charge is 2.10. The predicted molar refractivity (Wildman–Crippen MR) is 94.1 cm³/mol. The summed E-state index contributed by atoms with van der Waals surface area (Å²) in [5.41, 5.74) is 0. The van der Waals surface area contributed by atoms with E-state index in [4.69, 9.17) is 5.11 Å². The highest BCUT2D eigenvalue weighted by Crippen LogP contribution is 2.04. The minimum Gasteiger partial charge on any atom is -0.396 e. The standard InChI is InChI=1S/C18H34N2O3/c1-2-3-14-19-17(22)18(23)20-15-12-10-8-6-4-5-7-9-11-13-16-21/h4,6,21H,2-3,5,7-16H2,1H3,(H,19,22)(H,20,23)/b6-4-. The summed E-state index contributed by atoms with van der Waals surface area (Å²) in [5.74, 6) is -1.06. The molecule has 0 radical (unpaired) electrons. The molecular formula is C18H34N2O3. The fourth-order valence-electron chi connectivity index (χ4n) is 2.09. The number of hydrogen-bond donors (Lipinski definition) is 3. The summed E-state index contributed by atoms with van der Waals surface area (Å²) < 4.78 is 0. The van der Waals surface area contributed by atoms with E-state index in [9.17, 15) is 9.59 Å². The molecule has 3 N–H and O–H groups in total. The van der Waals surface area contributed by atoms with Crippen molar-refractivity contribution < 1.29 is 14.7 Å². The second kappa shape index (κ2) is 17.0. The summed E-state index contributed by atoms with van der Waals surface area (Å²) >= 11 is 0. The molecule has 0 aliphatic carbocycles. The maximum Gasteiger partial charge on any atom is 0.309 e. The van der Waals surface area contributed by atoms with Gasteiger partial charge >= 0.3 is 11.8 Å². The van der Waals surface area contributed by atoms with Crippen molar-refractivity contribution in [2.45, 2.75) is 71.1 Å². The fraction of sp³-hybridized carbons (Fsp3) is 0.778. The predicted octanol–water partition coefficient (Wildman–Crippen LogP) is 2.69. The van der Waals surface area contributed by atoms with Crippen molar-refractivity contribution in [3.05, 3.63) is 12.2 Å². The zero-order valence-electron chi connectivity index (χ0n) is 14.6. The van der Waals surface area contributed by atoms with Crippen LogP contribution in [0.2, 0.25) is 0 Å². The largest absolute Gasteiger partial charge is 0.396 e. The molecule has 0 aliphatic rings. The van der Waals surface area contributed by atoms with Crippen molar-refractivity contribution in [3.63, 3.8) is 0 Å². The Balaban J connectivity index is 3.37. The van der Waals surface area contributed by atoms with Crippen LogP contribution in [0.15, 0.2) is 12.2 Å². The van der Waals surface area contributed by atoms with Crippen LogP contribution >= 0.6 is 0 Å². The Morgan fingerprint density at radius 2 is 1.30 bits per heavy atom. The van der Waals surface area contributed by atoms with Crippen molar-refractivity contribution in [3.8, 4) is 0 Å². The third kappa shape index (κ3) is 15.3. The number of unbranched alkanes of at least 4 members (excludes halogenated alkanes) is 7. The van der Waals surface area contributed by atoms with Crippen LogP contribution in [0, 0.1) is 0 Å². The molecule has 0 aromatic rings. The van der Waals surface area contributed by atoms with Gasteiger partial charge in [-0.3, -0.25) is 9.59 Å². The van der Waals surface area contributed by atoms with Crippen LogP contribution in [0.4, 0.5) is 0 Å². The molecule has 134 valence electrons. The Hall–Kier alpha value is -1.36. The van der Waals surface area contributed by atoms with Crippen LogP contribution in [0.5, 0.6) is 0 Å². The Morgan fingerprint density at radius 1 is 0.783 bits per heavy atom. The van der Waals surface area contributed by atoms with Crippen LogP contribution < -0.4 is 10.6 Å². The lowest BCUT2D eigenvalue weighted by Crippen LogP contribution is -2.40. The molecule has 0 atom stereocenters. The Kier molecular flexibility index (Phi) is 16.0. The number of amides is 2. The van der Waals surface area contributed by atoms with Crippen LogP contribution in [0.25, 0.3) is 0 Å². The highest BCUT2D eigenvalue weighted by molar-refractivity contribution is 6.35. The molecule has 0 aromatic heterocycles. The summed E-state index contributed by atoms with van der Waals surface area (Å²) in [7, 11) is 0. The molecule has 23 heavy (non-hydrogen) atoms. The van der Waals surface area contributed by atoms with Gasteiger partial charge in [0.25, 0.3) is 0 Å². The van der Waals surface area contributed by atoms with Crippen molar-refractivity contribution >= 4 is 11.8 Å². The minimum absolute atomic E-state index is 0.298. The van der Waals surface area contributed by atoms with Crippen LogP contribution in [0.3, 0.4) is 0 Å². The molecule has 0 saturated heterocycles. The molecule has 0 heterocycles. The van der Waals surface area contributed by atoms with Gasteiger partial charge in [-0.25, -0.2) is 0 Å². The fourth-order valence-corrected chi connectivity index (χ4v) is 2.09. The summed E-state index contributed by atoms with van der Waals surface area (Å²) in [5, 5.41) is 13.9. The third-order valence-electron chi connectivity index (χ3n) is 3.55. The molecule has 0 saturated carbocycles. The SMILES string of the molecule is CCCCNC(=O)C(=O)NCCCC/C=C\CCCCCCO. The van der Waals surface area contributed by atoms with Gasteiger partial charge in [0.15, 0.2) is 0 Å². The summed E-state index contributed by atoms with van der Waals surface area (Å²) in [6.07, 6.45) is 14.7. The van der Waals surface area contributed by atoms with Gasteiger partial charge in [-0.15, -0.1) is 0 Å². The summed E-state index contributed by atoms with van der Waals surface area (Å²) in [6, 6.07) is 0. The van der Waals surface area contributed by atoms with E-state index in [-0.39, 0.29) is 0 Å². The highest BCUT2D eigenvalue weighted by atomic mass is 16.3. The lowest BCUT2D eigenvalue weighted by atomic mass is 10.1. The van der Waals surface area contributed by atoms with Gasteiger partial charge in [0.05, 0.1) is 0 Å². The first-order valence-electron chi connectivity index (χ1n) is 9.04. The van der Waals surface area contributed by atoms with E-state index in [1.165, 1.54) is 12.8 Å². The number of nitrogens with one attached hydrogen (secondary N) is 2. The van der Waals surface area contributed by atoms with Crippen molar-refractivity contribution in [1.29, 1.82) is 0 Å². The normalized spacial score (nSPS) is 10.9. The molecule has 0 unspecified atom stereocenters. The molecule has 5 nitrogen and oxygen atoms in total. The van der Waals surface area contributed by atoms with E-state index in [0.29, 0.717) is 19.7 Å². The molecule has 0 aromatic carbocycles. The van der Waals surface area contributed by atoms with Gasteiger partial charge in [-0.1, -0.05) is 38.3 Å². The van der Waals surface area contributed by atoms with Crippen molar-refractivity contribution in [2.75, 3.05) is 19.7 Å². The Morgan fingerprint density at radius 3 is 1.87 bits per heavy atom. The molecule has 0 bridgehead atoms. The zero-order valence-corrected chi connectivity index (χ0v) is 14.6. The van der Waals surface area contributed by atoms with Gasteiger partial charge in [0, 0.05) is 19.7 Å². The molecular weight excluding hydrogens is 292 g/mol. The lowest BCUT2D eigenvalue weighted by Gasteiger charge is -2.05. The van der Waals surface area contributed by atoms with Gasteiger partial charge < -0.3 is 15.7 Å². The lowest BCUT2D eigenvalue weighted by molar-refractivity contribution is -0.139. The second-order valence-electron chi connectivity index (χ2n) is 5.76. The smallest absolute Gasteiger partial charge is 0.309 e. The second-order valence-corrected chi connectivity index (χ2v) is 5.76. The Labute approximate surface area is 140 Å². The van der Waals surface area contributed by atoms with Gasteiger partial charge in [-0.2, -0.15) is 0 Å². The Bertz CT molecular complexity index is 330. The first-order chi connectivity index (χ1) is 11.2. The number of aliphatic hydroxyl groups excluding tert-OH is 1. The van der Waals surface area contributed by atoms with Gasteiger partial charge in [0.2, 0.25) is 0 Å². The van der Waals surface area contributed by atoms with Crippen molar-refractivity contribution in [1.82, 2.24) is 10.6 Å². The van der Waals surface area contributed by atoms with E-state index in [1.54, 1.807) is 0 Å². The maximum absolute atomic E-state index is 11.5. The van der Waals surface area contributed by atoms with Crippen LogP contribution in [-0.2, 0) is 9.59 Å². The number of rotatable bonds is 14. The molecule has 2 amide bonds. The summed E-state index contributed by atoms with van der Waals surface area (Å²) in [6.45, 7) is 3.45. The van der Waals surface area contributed by atoms with E-state index in [2.05, 4.69) is 22.8 Å². The number of aliphatic hydroxyl groups is 1. The maximum atomic E-state index is 11.5. The molecule has 0 rings (SSSR count). The monoisotopic (exact) mass is 326 g/mol. The average molecular weight is 326 g/mol. The van der Waals surface area contributed by atoms with Crippen LogP contribution in [-0.4, -0.2) is 36.6 Å². The molecule has 0 aliphatic heterocycles. The zero-order chi connectivity index (χ0) is 17.2. The van der Waals surface area contributed by atoms with Crippen molar-refractivity contribution in [2.24, 2.45) is 0 Å². The minimum atomic E-state index is -0.528. The molecule has 0 fully saturated rings. The van der Waals surface area contributed by atoms with Gasteiger partial charge in [0.1, 0.15) is 0 Å². The quantitative estimate of drug-likeness (QED) is 0.261. The number of carbonyl (C=O) groups is 2. The van der Waals surface area contributed by atoms with E-state index < -0.39 is 11.8 Å². The summed E-state index contributed by atoms with van der Waals surface area (Å²) in [4.78, 5) is 22.9. The van der Waals surface area contributed by atoms with Crippen LogP contribution in [0.1, 0.15) is 71.1 Å². The van der Waals surface area contributed by atoms with E-state index in [0.717, 1.165) is 51.4 Å². The average Bonchev–Trinajstić information content (AvgIpc) is 2.55. The van der Waals surface area contributed by atoms with E-state index in [1.807, 2.05) is 6.92 Å². The first kappa shape index (κ1) is 21.6. The topological polar surface area (TPSA) is 78.4 Å². The number of allylic oxidation sites excluding steroid dienone is 2. The number of carbonyl (C=O) groups excluding carboxylic acids is 2. The first-order valence-corrected chi connectivity index (χ1v) is 9.04. The number of hydrogen-bond acceptors (Lipinski definition) is 3. The molecule has 0 spiro atoms. The van der Waals surface area contributed by atoms with Gasteiger partial charge in [-0.05, 0) is 44.9 Å². The third-order valence-corrected chi connectivity index (χ3v) is 3.55.